The minimum absolute atomic E-state index is 0.0771. The van der Waals surface area contributed by atoms with E-state index in [-0.39, 0.29) is 24.5 Å². The van der Waals surface area contributed by atoms with Crippen LogP contribution in [0.3, 0.4) is 0 Å². The molecule has 2 aliphatic rings. The molecule has 0 radical (unpaired) electrons. The Balaban J connectivity index is 1.61. The summed E-state index contributed by atoms with van der Waals surface area (Å²) in [5, 5.41) is 15.5. The van der Waals surface area contributed by atoms with E-state index in [0.29, 0.717) is 12.3 Å². The minimum Gasteiger partial charge on any atom is -0.477 e. The largest absolute Gasteiger partial charge is 0.477 e. The van der Waals surface area contributed by atoms with Crippen LogP contribution in [0.25, 0.3) is 0 Å². The average molecular weight is 276 g/mol. The predicted molar refractivity (Wildman–Crippen MR) is 75.7 cm³/mol. The van der Waals surface area contributed by atoms with Gasteiger partial charge in [0.05, 0.1) is 12.2 Å². The second kappa shape index (κ2) is 5.71. The van der Waals surface area contributed by atoms with E-state index >= 15 is 0 Å². The number of benzene rings is 1. The molecule has 0 bridgehead atoms. The van der Waals surface area contributed by atoms with Gasteiger partial charge in [-0.05, 0) is 25.0 Å². The molecule has 1 fully saturated rings. The third-order valence-electron chi connectivity index (χ3n) is 4.15. The summed E-state index contributed by atoms with van der Waals surface area (Å²) in [5.74, 6) is 0.796. The quantitative estimate of drug-likeness (QED) is 0.774. The van der Waals surface area contributed by atoms with E-state index in [1.165, 1.54) is 0 Å². The number of ether oxygens (including phenoxy) is 1. The lowest BCUT2D eigenvalue weighted by atomic mass is 10.0. The number of carbonyl (C=O) groups excluding carboxylic acids is 1. The first-order valence-corrected chi connectivity index (χ1v) is 7.18. The molecule has 1 saturated carbocycles. The number of hydrogen-bond donors (Lipinski definition) is 3. The Bertz CT molecular complexity index is 492. The lowest BCUT2D eigenvalue weighted by molar-refractivity contribution is -0.128. The zero-order valence-electron chi connectivity index (χ0n) is 11.3. The lowest BCUT2D eigenvalue weighted by Crippen LogP contribution is -2.49. The van der Waals surface area contributed by atoms with Crippen molar-refractivity contribution in [3.63, 3.8) is 0 Å². The molecule has 108 valence electrons. The third-order valence-corrected chi connectivity index (χ3v) is 4.15. The van der Waals surface area contributed by atoms with Gasteiger partial charge in [0, 0.05) is 18.6 Å². The molecule has 3 N–H and O–H groups in total. The van der Waals surface area contributed by atoms with E-state index in [2.05, 4.69) is 10.6 Å². The molecule has 20 heavy (non-hydrogen) atoms. The molecule has 0 spiro atoms. The normalized spacial score (nSPS) is 28.1. The smallest absolute Gasteiger partial charge is 0.263 e. The minimum atomic E-state index is -0.509. The Morgan fingerprint density at radius 3 is 3.10 bits per heavy atom. The number of amides is 1. The molecule has 1 aliphatic heterocycles. The summed E-state index contributed by atoms with van der Waals surface area (Å²) in [4.78, 5) is 12.3. The van der Waals surface area contributed by atoms with E-state index < -0.39 is 6.10 Å². The van der Waals surface area contributed by atoms with Crippen molar-refractivity contribution in [2.24, 2.45) is 5.92 Å². The molecule has 1 heterocycles. The molecular weight excluding hydrogens is 256 g/mol. The number of hydrogen-bond acceptors (Lipinski definition) is 4. The first kappa shape index (κ1) is 13.2. The fourth-order valence-corrected chi connectivity index (χ4v) is 2.98. The Morgan fingerprint density at radius 2 is 2.25 bits per heavy atom. The molecule has 1 aliphatic carbocycles. The molecule has 1 amide bonds. The van der Waals surface area contributed by atoms with Crippen LogP contribution in [0.15, 0.2) is 24.3 Å². The maximum Gasteiger partial charge on any atom is 0.263 e. The van der Waals surface area contributed by atoms with Crippen molar-refractivity contribution in [3.8, 4) is 5.75 Å². The van der Waals surface area contributed by atoms with Crippen LogP contribution in [0.2, 0.25) is 0 Å². The zero-order chi connectivity index (χ0) is 13.9. The van der Waals surface area contributed by atoms with Crippen molar-refractivity contribution in [2.75, 3.05) is 18.5 Å². The highest BCUT2D eigenvalue weighted by molar-refractivity contribution is 5.83. The van der Waals surface area contributed by atoms with Crippen LogP contribution in [-0.4, -0.2) is 36.3 Å². The molecule has 3 atom stereocenters. The molecular formula is C15H20N2O3. The summed E-state index contributed by atoms with van der Waals surface area (Å²) in [5.41, 5.74) is 0.922. The summed E-state index contributed by atoms with van der Waals surface area (Å²) in [6.07, 6.45) is 2.47. The van der Waals surface area contributed by atoms with Crippen molar-refractivity contribution < 1.29 is 14.6 Å². The van der Waals surface area contributed by atoms with Crippen molar-refractivity contribution in [2.45, 2.75) is 31.4 Å². The van der Waals surface area contributed by atoms with Crippen molar-refractivity contribution in [3.05, 3.63) is 24.3 Å². The van der Waals surface area contributed by atoms with Crippen molar-refractivity contribution in [1.29, 1.82) is 0 Å². The summed E-state index contributed by atoms with van der Waals surface area (Å²) in [6.45, 7) is 0.608. The average Bonchev–Trinajstić information content (AvgIpc) is 2.94. The first-order chi connectivity index (χ1) is 9.78. The van der Waals surface area contributed by atoms with E-state index in [9.17, 15) is 9.90 Å². The van der Waals surface area contributed by atoms with Gasteiger partial charge in [-0.25, -0.2) is 0 Å². The van der Waals surface area contributed by atoms with E-state index in [1.54, 1.807) is 0 Å². The molecule has 5 nitrogen and oxygen atoms in total. The lowest BCUT2D eigenvalue weighted by Gasteiger charge is -2.28. The van der Waals surface area contributed by atoms with Crippen LogP contribution >= 0.6 is 0 Å². The van der Waals surface area contributed by atoms with Gasteiger partial charge in [-0.15, -0.1) is 0 Å². The van der Waals surface area contributed by atoms with Crippen molar-refractivity contribution in [1.82, 2.24) is 5.32 Å². The Morgan fingerprint density at radius 1 is 1.40 bits per heavy atom. The molecule has 5 heteroatoms. The number of aliphatic hydroxyl groups is 1. The van der Waals surface area contributed by atoms with Crippen LogP contribution in [-0.2, 0) is 4.79 Å². The second-order valence-electron chi connectivity index (χ2n) is 5.47. The van der Waals surface area contributed by atoms with Gasteiger partial charge in [0.1, 0.15) is 5.75 Å². The maximum absolute atomic E-state index is 12.3. The van der Waals surface area contributed by atoms with E-state index in [4.69, 9.17) is 4.74 Å². The number of para-hydroxylation sites is 2. The van der Waals surface area contributed by atoms with Crippen molar-refractivity contribution >= 4 is 11.6 Å². The molecule has 0 aromatic heterocycles. The highest BCUT2D eigenvalue weighted by Gasteiger charge is 2.32. The van der Waals surface area contributed by atoms with Gasteiger partial charge in [0.15, 0.2) is 6.10 Å². The maximum atomic E-state index is 12.3. The number of nitrogens with one attached hydrogen (secondary N) is 2. The van der Waals surface area contributed by atoms with E-state index in [1.807, 2.05) is 24.3 Å². The number of fused-ring (bicyclic) bond motifs is 1. The van der Waals surface area contributed by atoms with Gasteiger partial charge in [0.2, 0.25) is 0 Å². The highest BCUT2D eigenvalue weighted by Crippen LogP contribution is 2.29. The second-order valence-corrected chi connectivity index (χ2v) is 5.47. The van der Waals surface area contributed by atoms with E-state index in [0.717, 1.165) is 24.9 Å². The van der Waals surface area contributed by atoms with Crippen LogP contribution in [0, 0.1) is 5.92 Å². The topological polar surface area (TPSA) is 70.6 Å². The number of rotatable bonds is 3. The molecule has 1 aromatic carbocycles. The van der Waals surface area contributed by atoms with Crippen LogP contribution < -0.4 is 15.4 Å². The summed E-state index contributed by atoms with van der Waals surface area (Å²) >= 11 is 0. The Kier molecular flexibility index (Phi) is 3.78. The molecule has 3 rings (SSSR count). The Labute approximate surface area is 118 Å². The highest BCUT2D eigenvalue weighted by atomic mass is 16.5. The summed E-state index contributed by atoms with van der Waals surface area (Å²) in [6, 6.07) is 7.68. The van der Waals surface area contributed by atoms with Gasteiger partial charge >= 0.3 is 0 Å². The SMILES string of the molecule is O=C(NC1CCCC1CO)C1CNc2ccccc2O1. The molecule has 1 aromatic rings. The van der Waals surface area contributed by atoms with Crippen LogP contribution in [0.5, 0.6) is 5.75 Å². The fraction of sp³-hybridized carbons (Fsp3) is 0.533. The first-order valence-electron chi connectivity index (χ1n) is 7.18. The predicted octanol–water partition coefficient (Wildman–Crippen LogP) is 1.14. The standard InChI is InChI=1S/C15H20N2O3/c18-9-10-4-3-6-11(10)17-15(19)14-8-16-12-5-1-2-7-13(12)20-14/h1-2,5,7,10-11,14,16,18H,3-4,6,8-9H2,(H,17,19). The van der Waals surface area contributed by atoms with Gasteiger partial charge in [-0.2, -0.15) is 0 Å². The fourth-order valence-electron chi connectivity index (χ4n) is 2.98. The van der Waals surface area contributed by atoms with Crippen LogP contribution in [0.1, 0.15) is 19.3 Å². The van der Waals surface area contributed by atoms with Gasteiger partial charge < -0.3 is 20.5 Å². The zero-order valence-corrected chi connectivity index (χ0v) is 11.3. The summed E-state index contributed by atoms with van der Waals surface area (Å²) < 4.78 is 5.74. The number of anilines is 1. The number of aliphatic hydroxyl groups excluding tert-OH is 1. The summed E-state index contributed by atoms with van der Waals surface area (Å²) in [7, 11) is 0. The van der Waals surface area contributed by atoms with Crippen LogP contribution in [0.4, 0.5) is 5.69 Å². The number of carbonyl (C=O) groups is 1. The molecule has 0 saturated heterocycles. The van der Waals surface area contributed by atoms with Gasteiger partial charge in [-0.3, -0.25) is 4.79 Å². The molecule has 3 unspecified atom stereocenters. The monoisotopic (exact) mass is 276 g/mol. The third kappa shape index (κ3) is 2.58. The van der Waals surface area contributed by atoms with Gasteiger partial charge in [0.25, 0.3) is 5.91 Å². The Hall–Kier alpha value is -1.75. The van der Waals surface area contributed by atoms with Gasteiger partial charge in [-0.1, -0.05) is 18.6 Å².